The number of rotatable bonds is 9. The predicted molar refractivity (Wildman–Crippen MR) is 342 cm³/mol. The third kappa shape index (κ3) is 7.36. The minimum absolute atomic E-state index is 0.0429. The summed E-state index contributed by atoms with van der Waals surface area (Å²) in [6.07, 6.45) is 0.807. The normalized spacial score (nSPS) is 13.4. The molecule has 81 heavy (non-hydrogen) atoms. The molecule has 17 rings (SSSR count). The van der Waals surface area contributed by atoms with Crippen LogP contribution in [-0.2, 0) is 6.42 Å². The van der Waals surface area contributed by atoms with Gasteiger partial charge in [-0.3, -0.25) is 0 Å². The lowest BCUT2D eigenvalue weighted by molar-refractivity contribution is 0.239. The fourth-order valence-corrected chi connectivity index (χ4v) is 15.3. The number of ether oxygens (including phenoxy) is 1. The second kappa shape index (κ2) is 18.3. The molecule has 1 atom stereocenters. The summed E-state index contributed by atoms with van der Waals surface area (Å²) >= 11 is 3.80. The highest BCUT2D eigenvalue weighted by molar-refractivity contribution is 7.28. The van der Waals surface area contributed by atoms with Crippen molar-refractivity contribution < 1.29 is 9.15 Å². The van der Waals surface area contributed by atoms with Crippen molar-refractivity contribution in [1.29, 1.82) is 0 Å². The first-order chi connectivity index (χ1) is 40.1. The van der Waals surface area contributed by atoms with E-state index in [0.717, 1.165) is 90.9 Å². The molecule has 0 aliphatic carbocycles. The summed E-state index contributed by atoms with van der Waals surface area (Å²) in [6.45, 7) is 0. The smallest absolute Gasteiger partial charge is 0.135 e. The molecule has 1 unspecified atom stereocenters. The Morgan fingerprint density at radius 3 is 1.54 bits per heavy atom. The Morgan fingerprint density at radius 1 is 0.407 bits per heavy atom. The van der Waals surface area contributed by atoms with E-state index < -0.39 is 0 Å². The van der Waals surface area contributed by atoms with Crippen LogP contribution in [0.1, 0.15) is 17.2 Å². The summed E-state index contributed by atoms with van der Waals surface area (Å²) in [5.74, 6) is 1.82. The minimum atomic E-state index is -0.0429. The van der Waals surface area contributed by atoms with E-state index in [9.17, 15) is 0 Å². The van der Waals surface area contributed by atoms with Gasteiger partial charge in [-0.1, -0.05) is 152 Å². The second-order valence-electron chi connectivity index (χ2n) is 21.1. The van der Waals surface area contributed by atoms with Crippen LogP contribution in [0.25, 0.3) is 101 Å². The van der Waals surface area contributed by atoms with Gasteiger partial charge < -0.3 is 23.5 Å². The number of thiophene rings is 2. The van der Waals surface area contributed by atoms with Gasteiger partial charge in [-0.05, 0) is 137 Å². The zero-order valence-corrected chi connectivity index (χ0v) is 45.3. The van der Waals surface area contributed by atoms with Gasteiger partial charge in [0, 0.05) is 96.9 Å². The Labute approximate surface area is 474 Å². The summed E-state index contributed by atoms with van der Waals surface area (Å²) in [5, 5.41) is 10.9. The van der Waals surface area contributed by atoms with E-state index >= 15 is 0 Å². The maximum absolute atomic E-state index is 6.55. The molecule has 5 nitrogen and oxygen atoms in total. The molecular formula is C74H47N3O2S2. The summed E-state index contributed by atoms with van der Waals surface area (Å²) < 4.78 is 20.5. The van der Waals surface area contributed by atoms with Crippen molar-refractivity contribution in [2.75, 3.05) is 9.80 Å². The predicted octanol–water partition coefficient (Wildman–Crippen LogP) is 21.7. The zero-order valence-electron chi connectivity index (χ0n) is 43.7. The van der Waals surface area contributed by atoms with Crippen molar-refractivity contribution in [3.8, 4) is 22.8 Å². The van der Waals surface area contributed by atoms with Gasteiger partial charge in [-0.15, -0.1) is 22.7 Å². The van der Waals surface area contributed by atoms with E-state index in [1.54, 1.807) is 0 Å². The highest BCUT2D eigenvalue weighted by atomic mass is 32.1. The van der Waals surface area contributed by atoms with Gasteiger partial charge in [0.25, 0.3) is 0 Å². The summed E-state index contributed by atoms with van der Waals surface area (Å²) in [4.78, 5) is 4.94. The molecule has 0 spiro atoms. The standard InChI is InChI=1S/C74H47N3O2S2/c1-3-21-52(22-4-1)75(54-36-32-47(33-37-54)65-42-50-19-9-13-27-63(50)78-65)59-44-61-71(73-69(59)57-25-11-15-29-67(57)80-73)72-62(77(61)56-40-31-46-17-7-8-18-49(46)41-56)45-60(70-58-26-12-16-30-68(58)81-74(70)72)76(53-23-5-2-6-24-53)55-38-34-48(35-39-55)66-43-51-20-10-14-28-64(51)79-66/h1-42,44-45,66H,43H2. The first kappa shape index (κ1) is 46.0. The average Bonchev–Trinajstić information content (AvgIpc) is 3.73. The molecule has 0 fully saturated rings. The van der Waals surface area contributed by atoms with Gasteiger partial charge in [-0.25, -0.2) is 0 Å². The van der Waals surface area contributed by atoms with Crippen LogP contribution in [0.5, 0.6) is 5.75 Å². The lowest BCUT2D eigenvalue weighted by Crippen LogP contribution is -2.11. The summed E-state index contributed by atoms with van der Waals surface area (Å²) in [6, 6.07) is 97.1. The van der Waals surface area contributed by atoms with E-state index in [-0.39, 0.29) is 6.10 Å². The fourth-order valence-electron chi connectivity index (χ4n) is 12.8. The molecule has 0 saturated carbocycles. The molecular weight excluding hydrogens is 1030 g/mol. The maximum Gasteiger partial charge on any atom is 0.135 e. The van der Waals surface area contributed by atoms with E-state index in [1.165, 1.54) is 67.5 Å². The van der Waals surface area contributed by atoms with Crippen molar-refractivity contribution in [1.82, 2.24) is 4.57 Å². The molecule has 5 heterocycles. The molecule has 0 bridgehead atoms. The quantitative estimate of drug-likeness (QED) is 0.144. The van der Waals surface area contributed by atoms with Crippen LogP contribution in [0.4, 0.5) is 34.1 Å². The Bertz CT molecular complexity index is 5080. The van der Waals surface area contributed by atoms with Crippen LogP contribution in [0.3, 0.4) is 0 Å². The van der Waals surface area contributed by atoms with Crippen molar-refractivity contribution >= 4 is 141 Å². The van der Waals surface area contributed by atoms with Crippen LogP contribution >= 0.6 is 22.7 Å². The van der Waals surface area contributed by atoms with Crippen LogP contribution in [0, 0.1) is 0 Å². The highest BCUT2D eigenvalue weighted by Crippen LogP contribution is 2.56. The lowest BCUT2D eigenvalue weighted by Gasteiger charge is -2.27. The van der Waals surface area contributed by atoms with Gasteiger partial charge in [0.1, 0.15) is 23.2 Å². The zero-order chi connectivity index (χ0) is 53.1. The number of furan rings is 1. The van der Waals surface area contributed by atoms with Gasteiger partial charge in [0.2, 0.25) is 0 Å². The SMILES string of the molecule is c1ccc(N(c2ccc(-c3cc4ccccc4o3)cc2)c2cc3c(c4sc5ccccc5c24)c2c4sc5ccccc5c4c(N(c4ccccc4)c4ccc(C5Cc6ccccc6O5)cc4)cc2n3-c2ccc3ccccc3c2)cc1. The largest absolute Gasteiger partial charge is 0.485 e. The third-order valence-electron chi connectivity index (χ3n) is 16.5. The Balaban J connectivity index is 0.970. The van der Waals surface area contributed by atoms with E-state index in [0.29, 0.717) is 0 Å². The number of hydrogen-bond acceptors (Lipinski definition) is 6. The first-order valence-corrected chi connectivity index (χ1v) is 29.2. The first-order valence-electron chi connectivity index (χ1n) is 27.5. The number of hydrogen-bond donors (Lipinski definition) is 0. The van der Waals surface area contributed by atoms with Gasteiger partial charge in [-0.2, -0.15) is 0 Å². The van der Waals surface area contributed by atoms with E-state index in [2.05, 4.69) is 269 Å². The lowest BCUT2D eigenvalue weighted by atomic mass is 10.0. The summed E-state index contributed by atoms with van der Waals surface area (Å²) in [5.41, 5.74) is 14.2. The molecule has 0 saturated heterocycles. The number of para-hydroxylation sites is 4. The topological polar surface area (TPSA) is 33.8 Å². The van der Waals surface area contributed by atoms with Crippen molar-refractivity contribution in [2.45, 2.75) is 12.5 Å². The van der Waals surface area contributed by atoms with Gasteiger partial charge in [0.05, 0.1) is 22.4 Å². The van der Waals surface area contributed by atoms with Gasteiger partial charge >= 0.3 is 0 Å². The molecule has 0 radical (unpaired) electrons. The fraction of sp³-hybridized carbons (Fsp3) is 0.0270. The summed E-state index contributed by atoms with van der Waals surface area (Å²) in [7, 11) is 0. The molecule has 1 aliphatic heterocycles. The molecule has 0 amide bonds. The van der Waals surface area contributed by atoms with Crippen LogP contribution in [0.2, 0.25) is 0 Å². The molecule has 4 aromatic heterocycles. The third-order valence-corrected chi connectivity index (χ3v) is 18.8. The molecule has 7 heteroatoms. The number of benzene rings is 12. The molecule has 1 aliphatic rings. The van der Waals surface area contributed by atoms with E-state index in [4.69, 9.17) is 9.15 Å². The molecule has 16 aromatic rings. The highest BCUT2D eigenvalue weighted by Gasteiger charge is 2.30. The number of anilines is 6. The molecule has 0 N–H and O–H groups in total. The van der Waals surface area contributed by atoms with Crippen LogP contribution < -0.4 is 14.5 Å². The maximum atomic E-state index is 6.55. The van der Waals surface area contributed by atoms with Crippen molar-refractivity contribution in [3.63, 3.8) is 0 Å². The molecule has 12 aromatic carbocycles. The Kier molecular flexibility index (Phi) is 10.4. The minimum Gasteiger partial charge on any atom is -0.485 e. The monoisotopic (exact) mass is 1070 g/mol. The second-order valence-corrected chi connectivity index (χ2v) is 23.2. The number of aromatic nitrogens is 1. The molecule has 382 valence electrons. The van der Waals surface area contributed by atoms with Crippen LogP contribution in [0.15, 0.2) is 271 Å². The van der Waals surface area contributed by atoms with Crippen LogP contribution in [-0.4, -0.2) is 4.57 Å². The van der Waals surface area contributed by atoms with Crippen molar-refractivity contribution in [2.24, 2.45) is 0 Å². The van der Waals surface area contributed by atoms with E-state index in [1.807, 2.05) is 34.8 Å². The number of fused-ring (bicyclic) bond motifs is 14. The average molecular weight is 1070 g/mol. The van der Waals surface area contributed by atoms with Crippen molar-refractivity contribution in [3.05, 3.63) is 278 Å². The Morgan fingerprint density at radius 2 is 0.926 bits per heavy atom. The Hall–Kier alpha value is -9.92. The van der Waals surface area contributed by atoms with Gasteiger partial charge in [0.15, 0.2) is 0 Å². The number of nitrogens with zero attached hydrogens (tertiary/aromatic N) is 3.